The molecule has 1 saturated carbocycles. The first-order valence-electron chi connectivity index (χ1n) is 7.87. The van der Waals surface area contributed by atoms with Gasteiger partial charge in [-0.3, -0.25) is 0 Å². The summed E-state index contributed by atoms with van der Waals surface area (Å²) >= 11 is 0. The Morgan fingerprint density at radius 3 is 2.65 bits per heavy atom. The van der Waals surface area contributed by atoms with E-state index in [1.54, 1.807) is 13.0 Å². The summed E-state index contributed by atoms with van der Waals surface area (Å²) in [5.41, 5.74) is 7.83. The highest BCUT2D eigenvalue weighted by molar-refractivity contribution is 5.25. The Labute approximate surface area is 121 Å². The molecule has 3 atom stereocenters. The molecule has 3 unspecified atom stereocenters. The van der Waals surface area contributed by atoms with Crippen molar-refractivity contribution in [1.29, 1.82) is 0 Å². The molecule has 2 N–H and O–H groups in total. The van der Waals surface area contributed by atoms with Crippen LogP contribution in [0.25, 0.3) is 0 Å². The zero-order valence-corrected chi connectivity index (χ0v) is 12.3. The topological polar surface area (TPSA) is 29.3 Å². The van der Waals surface area contributed by atoms with Gasteiger partial charge in [0.25, 0.3) is 0 Å². The van der Waals surface area contributed by atoms with Crippen molar-refractivity contribution in [2.75, 3.05) is 19.6 Å². The van der Waals surface area contributed by atoms with Gasteiger partial charge in [0.1, 0.15) is 5.82 Å². The van der Waals surface area contributed by atoms with Gasteiger partial charge in [-0.15, -0.1) is 0 Å². The lowest BCUT2D eigenvalue weighted by Crippen LogP contribution is -2.26. The number of nitrogens with zero attached hydrogens (tertiary/aromatic N) is 1. The average Bonchev–Trinajstić information content (AvgIpc) is 3.00. The molecule has 1 aromatic rings. The molecule has 1 heterocycles. The van der Waals surface area contributed by atoms with Crippen LogP contribution in [0.5, 0.6) is 0 Å². The zero-order chi connectivity index (χ0) is 14.1. The van der Waals surface area contributed by atoms with E-state index in [9.17, 15) is 4.39 Å². The number of likely N-dealkylation sites (tertiary alicyclic amines) is 1. The molecule has 1 aliphatic carbocycles. The van der Waals surface area contributed by atoms with Gasteiger partial charge in [0.15, 0.2) is 0 Å². The minimum Gasteiger partial charge on any atom is -0.324 e. The third-order valence-electron chi connectivity index (χ3n) is 5.18. The molecule has 1 aliphatic heterocycles. The third kappa shape index (κ3) is 2.89. The van der Waals surface area contributed by atoms with E-state index < -0.39 is 0 Å². The SMILES string of the molecule is Cc1ccc(C(N)CCN2CC3CCCC3C2)cc1F. The van der Waals surface area contributed by atoms with Crippen LogP contribution in [-0.2, 0) is 0 Å². The van der Waals surface area contributed by atoms with Crippen molar-refractivity contribution in [1.82, 2.24) is 4.90 Å². The molecule has 110 valence electrons. The van der Waals surface area contributed by atoms with Crippen molar-refractivity contribution >= 4 is 0 Å². The number of hydrogen-bond acceptors (Lipinski definition) is 2. The molecule has 0 aromatic heterocycles. The van der Waals surface area contributed by atoms with Crippen LogP contribution >= 0.6 is 0 Å². The van der Waals surface area contributed by atoms with Crippen molar-refractivity contribution < 1.29 is 4.39 Å². The fourth-order valence-electron chi connectivity index (χ4n) is 3.84. The van der Waals surface area contributed by atoms with Crippen LogP contribution in [0.2, 0.25) is 0 Å². The quantitative estimate of drug-likeness (QED) is 0.914. The van der Waals surface area contributed by atoms with E-state index in [1.165, 1.54) is 32.4 Å². The summed E-state index contributed by atoms with van der Waals surface area (Å²) in [7, 11) is 0. The highest BCUT2D eigenvalue weighted by Crippen LogP contribution is 2.37. The molecular formula is C17H25FN2. The average molecular weight is 276 g/mol. The first kappa shape index (κ1) is 14.0. The van der Waals surface area contributed by atoms with Crippen LogP contribution < -0.4 is 5.73 Å². The lowest BCUT2D eigenvalue weighted by Gasteiger charge is -2.20. The summed E-state index contributed by atoms with van der Waals surface area (Å²) in [6.07, 6.45) is 5.17. The molecule has 2 fully saturated rings. The first-order chi connectivity index (χ1) is 9.63. The molecule has 0 amide bonds. The van der Waals surface area contributed by atoms with Crippen LogP contribution in [0.3, 0.4) is 0 Å². The molecule has 0 radical (unpaired) electrons. The Kier molecular flexibility index (Phi) is 4.08. The van der Waals surface area contributed by atoms with Crippen LogP contribution in [-0.4, -0.2) is 24.5 Å². The molecule has 2 aliphatic rings. The number of fused-ring (bicyclic) bond motifs is 1. The van der Waals surface area contributed by atoms with Crippen LogP contribution in [0.15, 0.2) is 18.2 Å². The summed E-state index contributed by atoms with van der Waals surface area (Å²) in [5, 5.41) is 0. The summed E-state index contributed by atoms with van der Waals surface area (Å²) in [6, 6.07) is 5.33. The van der Waals surface area contributed by atoms with Crippen molar-refractivity contribution in [3.63, 3.8) is 0 Å². The number of benzene rings is 1. The largest absolute Gasteiger partial charge is 0.324 e. The van der Waals surface area contributed by atoms with E-state index in [1.807, 2.05) is 12.1 Å². The predicted molar refractivity (Wildman–Crippen MR) is 80.0 cm³/mol. The molecular weight excluding hydrogens is 251 g/mol. The summed E-state index contributed by atoms with van der Waals surface area (Å²) in [4.78, 5) is 2.55. The normalized spacial score (nSPS) is 27.8. The Bertz CT molecular complexity index is 462. The van der Waals surface area contributed by atoms with E-state index in [-0.39, 0.29) is 11.9 Å². The van der Waals surface area contributed by atoms with Crippen molar-refractivity contribution in [3.8, 4) is 0 Å². The monoisotopic (exact) mass is 276 g/mol. The van der Waals surface area contributed by atoms with E-state index in [2.05, 4.69) is 4.90 Å². The highest BCUT2D eigenvalue weighted by atomic mass is 19.1. The number of nitrogens with two attached hydrogens (primary N) is 1. The van der Waals surface area contributed by atoms with Gasteiger partial charge >= 0.3 is 0 Å². The van der Waals surface area contributed by atoms with E-state index in [0.29, 0.717) is 5.56 Å². The Hall–Kier alpha value is -0.930. The van der Waals surface area contributed by atoms with Crippen LogP contribution in [0, 0.1) is 24.6 Å². The van der Waals surface area contributed by atoms with Gasteiger partial charge in [-0.2, -0.15) is 0 Å². The summed E-state index contributed by atoms with van der Waals surface area (Å²) < 4.78 is 13.6. The first-order valence-corrected chi connectivity index (χ1v) is 7.87. The molecule has 0 bridgehead atoms. The highest BCUT2D eigenvalue weighted by Gasteiger charge is 2.35. The second kappa shape index (κ2) is 5.82. The van der Waals surface area contributed by atoms with Crippen molar-refractivity contribution in [3.05, 3.63) is 35.1 Å². The number of aryl methyl sites for hydroxylation is 1. The predicted octanol–water partition coefficient (Wildman–Crippen LogP) is 3.26. The standard InChI is InChI=1S/C17H25FN2/c1-12-5-6-13(9-16(12)18)17(19)7-8-20-10-14-3-2-4-15(14)11-20/h5-6,9,14-15,17H,2-4,7-8,10-11,19H2,1H3. The van der Waals surface area contributed by atoms with Crippen LogP contribution in [0.4, 0.5) is 4.39 Å². The van der Waals surface area contributed by atoms with Gasteiger partial charge in [-0.25, -0.2) is 4.39 Å². The van der Waals surface area contributed by atoms with E-state index >= 15 is 0 Å². The number of rotatable bonds is 4. The number of hydrogen-bond donors (Lipinski definition) is 1. The van der Waals surface area contributed by atoms with Gasteiger partial charge in [0.05, 0.1) is 0 Å². The zero-order valence-electron chi connectivity index (χ0n) is 12.3. The van der Waals surface area contributed by atoms with Gasteiger partial charge in [-0.05, 0) is 61.8 Å². The third-order valence-corrected chi connectivity index (χ3v) is 5.18. The lowest BCUT2D eigenvalue weighted by molar-refractivity contribution is 0.298. The fraction of sp³-hybridized carbons (Fsp3) is 0.647. The van der Waals surface area contributed by atoms with Crippen LogP contribution in [0.1, 0.15) is 42.9 Å². The summed E-state index contributed by atoms with van der Waals surface area (Å²) in [6.45, 7) is 5.33. The second-order valence-corrected chi connectivity index (χ2v) is 6.61. The molecule has 1 aromatic carbocycles. The Morgan fingerprint density at radius 1 is 1.30 bits per heavy atom. The van der Waals surface area contributed by atoms with Gasteiger partial charge < -0.3 is 10.6 Å². The number of halogens is 1. The van der Waals surface area contributed by atoms with E-state index in [0.717, 1.165) is 30.4 Å². The maximum absolute atomic E-state index is 13.6. The molecule has 20 heavy (non-hydrogen) atoms. The molecule has 1 saturated heterocycles. The van der Waals surface area contributed by atoms with Crippen molar-refractivity contribution in [2.45, 2.75) is 38.6 Å². The molecule has 3 heteroatoms. The second-order valence-electron chi connectivity index (χ2n) is 6.61. The minimum absolute atomic E-state index is 0.0504. The Morgan fingerprint density at radius 2 is 2.00 bits per heavy atom. The lowest BCUT2D eigenvalue weighted by atomic mass is 10.0. The van der Waals surface area contributed by atoms with E-state index in [4.69, 9.17) is 5.73 Å². The molecule has 3 rings (SSSR count). The smallest absolute Gasteiger partial charge is 0.126 e. The van der Waals surface area contributed by atoms with Gasteiger partial charge in [0, 0.05) is 19.1 Å². The fourth-order valence-corrected chi connectivity index (χ4v) is 3.84. The molecule has 2 nitrogen and oxygen atoms in total. The molecule has 0 spiro atoms. The maximum atomic E-state index is 13.6. The summed E-state index contributed by atoms with van der Waals surface area (Å²) in [5.74, 6) is 1.72. The van der Waals surface area contributed by atoms with Crippen molar-refractivity contribution in [2.24, 2.45) is 17.6 Å². The maximum Gasteiger partial charge on any atom is 0.126 e. The van der Waals surface area contributed by atoms with Gasteiger partial charge in [-0.1, -0.05) is 18.6 Å². The van der Waals surface area contributed by atoms with Gasteiger partial charge in [0.2, 0.25) is 0 Å². The Balaban J connectivity index is 1.52. The minimum atomic E-state index is -0.145.